The number of nitrogens with one attached hydrogen (secondary N) is 1. The number of rotatable bonds is 3. The Morgan fingerprint density at radius 1 is 1.50 bits per heavy atom. The number of amides is 1. The minimum absolute atomic E-state index is 0.144. The summed E-state index contributed by atoms with van der Waals surface area (Å²) in [5, 5.41) is 2.25. The molecule has 1 N–H and O–H groups in total. The molecular formula is C10H11BrClNO. The lowest BCUT2D eigenvalue weighted by molar-refractivity contribution is -0.120. The van der Waals surface area contributed by atoms with Crippen molar-refractivity contribution in [2.24, 2.45) is 0 Å². The van der Waals surface area contributed by atoms with E-state index in [0.717, 1.165) is 10.0 Å². The Hall–Kier alpha value is -0.540. The van der Waals surface area contributed by atoms with E-state index in [1.165, 1.54) is 0 Å². The molecule has 0 radical (unpaired) electrons. The van der Waals surface area contributed by atoms with Gasteiger partial charge in [0, 0.05) is 11.0 Å². The predicted molar refractivity (Wildman–Crippen MR) is 61.3 cm³/mol. The molecule has 1 atom stereocenters. The molecule has 0 aromatic heterocycles. The lowest BCUT2D eigenvalue weighted by atomic mass is 10.2. The minimum Gasteiger partial charge on any atom is -0.351 e. The topological polar surface area (TPSA) is 29.1 Å². The summed E-state index contributed by atoms with van der Waals surface area (Å²) in [7, 11) is 0. The minimum atomic E-state index is -0.481. The first-order valence-corrected chi connectivity index (χ1v) is 5.49. The van der Waals surface area contributed by atoms with Crippen molar-refractivity contribution >= 4 is 33.4 Å². The van der Waals surface area contributed by atoms with Crippen molar-refractivity contribution in [1.82, 2.24) is 5.32 Å². The molecule has 0 saturated heterocycles. The van der Waals surface area contributed by atoms with Crippen LogP contribution in [-0.2, 0) is 11.3 Å². The van der Waals surface area contributed by atoms with E-state index in [1.807, 2.05) is 24.3 Å². The van der Waals surface area contributed by atoms with Gasteiger partial charge in [0.15, 0.2) is 0 Å². The standard InChI is InChI=1S/C10H11BrClNO/c1-7(12)10(14)13-6-8-2-4-9(11)5-3-8/h2-5,7H,6H2,1H3,(H,13,14). The van der Waals surface area contributed by atoms with E-state index < -0.39 is 5.38 Å². The maximum Gasteiger partial charge on any atom is 0.238 e. The Morgan fingerprint density at radius 3 is 2.57 bits per heavy atom. The Balaban J connectivity index is 2.46. The van der Waals surface area contributed by atoms with Gasteiger partial charge in [-0.05, 0) is 24.6 Å². The highest BCUT2D eigenvalue weighted by molar-refractivity contribution is 9.10. The van der Waals surface area contributed by atoms with Crippen LogP contribution in [0.15, 0.2) is 28.7 Å². The highest BCUT2D eigenvalue weighted by atomic mass is 79.9. The highest BCUT2D eigenvalue weighted by Gasteiger charge is 2.07. The van der Waals surface area contributed by atoms with Crippen LogP contribution in [0.4, 0.5) is 0 Å². The Morgan fingerprint density at radius 2 is 2.07 bits per heavy atom. The molecule has 1 aromatic rings. The number of hydrogen-bond donors (Lipinski definition) is 1. The molecular weight excluding hydrogens is 265 g/mol. The SMILES string of the molecule is CC(Cl)C(=O)NCc1ccc(Br)cc1. The molecule has 1 rings (SSSR count). The fourth-order valence-electron chi connectivity index (χ4n) is 0.932. The zero-order chi connectivity index (χ0) is 10.6. The lowest BCUT2D eigenvalue weighted by Crippen LogP contribution is -2.28. The number of carbonyl (C=O) groups is 1. The zero-order valence-corrected chi connectivity index (χ0v) is 10.1. The van der Waals surface area contributed by atoms with E-state index in [4.69, 9.17) is 11.6 Å². The van der Waals surface area contributed by atoms with Crippen LogP contribution in [-0.4, -0.2) is 11.3 Å². The van der Waals surface area contributed by atoms with Gasteiger partial charge >= 0.3 is 0 Å². The fourth-order valence-corrected chi connectivity index (χ4v) is 1.27. The number of benzene rings is 1. The van der Waals surface area contributed by atoms with Crippen LogP contribution in [0.3, 0.4) is 0 Å². The van der Waals surface area contributed by atoms with Crippen molar-refractivity contribution in [2.45, 2.75) is 18.8 Å². The molecule has 0 aliphatic carbocycles. The number of hydrogen-bond acceptors (Lipinski definition) is 1. The summed E-state index contributed by atoms with van der Waals surface area (Å²) in [5.41, 5.74) is 1.05. The number of alkyl halides is 1. The summed E-state index contributed by atoms with van der Waals surface area (Å²) in [6.07, 6.45) is 0. The Bertz CT molecular complexity index is 310. The third kappa shape index (κ3) is 3.68. The number of halogens is 2. The summed E-state index contributed by atoms with van der Waals surface area (Å²) in [5.74, 6) is -0.144. The van der Waals surface area contributed by atoms with Gasteiger partial charge in [0.2, 0.25) is 5.91 Å². The van der Waals surface area contributed by atoms with E-state index in [0.29, 0.717) is 6.54 Å². The summed E-state index contributed by atoms with van der Waals surface area (Å²) in [6, 6.07) is 7.77. The van der Waals surface area contributed by atoms with Crippen LogP contribution in [0.25, 0.3) is 0 Å². The van der Waals surface area contributed by atoms with Crippen molar-refractivity contribution in [3.63, 3.8) is 0 Å². The van der Waals surface area contributed by atoms with Gasteiger partial charge in [-0.15, -0.1) is 11.6 Å². The molecule has 1 unspecified atom stereocenters. The molecule has 0 bridgehead atoms. The smallest absolute Gasteiger partial charge is 0.238 e. The molecule has 4 heteroatoms. The second-order valence-corrected chi connectivity index (χ2v) is 4.53. The van der Waals surface area contributed by atoms with Crippen LogP contribution in [0, 0.1) is 0 Å². The van der Waals surface area contributed by atoms with Gasteiger partial charge in [0.05, 0.1) is 0 Å². The molecule has 76 valence electrons. The van der Waals surface area contributed by atoms with Gasteiger partial charge in [0.25, 0.3) is 0 Å². The molecule has 1 aromatic carbocycles. The monoisotopic (exact) mass is 275 g/mol. The summed E-state index contributed by atoms with van der Waals surface area (Å²) in [6.45, 7) is 2.17. The Labute approximate surface area is 96.8 Å². The maximum atomic E-state index is 11.1. The first-order chi connectivity index (χ1) is 6.59. The first-order valence-electron chi connectivity index (χ1n) is 4.26. The van der Waals surface area contributed by atoms with Crippen LogP contribution in [0.2, 0.25) is 0 Å². The Kier molecular flexibility index (Phi) is 4.42. The molecule has 2 nitrogen and oxygen atoms in total. The average molecular weight is 277 g/mol. The molecule has 0 aliphatic rings. The molecule has 0 saturated carbocycles. The normalized spacial score (nSPS) is 12.2. The third-order valence-corrected chi connectivity index (χ3v) is 2.47. The van der Waals surface area contributed by atoms with Crippen LogP contribution >= 0.6 is 27.5 Å². The zero-order valence-electron chi connectivity index (χ0n) is 7.76. The van der Waals surface area contributed by atoms with Gasteiger partial charge in [0.1, 0.15) is 5.38 Å². The van der Waals surface area contributed by atoms with Crippen LogP contribution < -0.4 is 5.32 Å². The van der Waals surface area contributed by atoms with E-state index in [-0.39, 0.29) is 5.91 Å². The van der Waals surface area contributed by atoms with Crippen LogP contribution in [0.5, 0.6) is 0 Å². The highest BCUT2D eigenvalue weighted by Crippen LogP contribution is 2.10. The number of carbonyl (C=O) groups excluding carboxylic acids is 1. The van der Waals surface area contributed by atoms with Gasteiger partial charge in [-0.2, -0.15) is 0 Å². The molecule has 0 aliphatic heterocycles. The second kappa shape index (κ2) is 5.37. The van der Waals surface area contributed by atoms with Crippen molar-refractivity contribution in [3.05, 3.63) is 34.3 Å². The maximum absolute atomic E-state index is 11.1. The summed E-state index contributed by atoms with van der Waals surface area (Å²) >= 11 is 8.94. The van der Waals surface area contributed by atoms with E-state index in [2.05, 4.69) is 21.2 Å². The quantitative estimate of drug-likeness (QED) is 0.845. The summed E-state index contributed by atoms with van der Waals surface area (Å²) in [4.78, 5) is 11.1. The summed E-state index contributed by atoms with van der Waals surface area (Å²) < 4.78 is 1.03. The van der Waals surface area contributed by atoms with Gasteiger partial charge in [-0.3, -0.25) is 4.79 Å². The van der Waals surface area contributed by atoms with Gasteiger partial charge < -0.3 is 5.32 Å². The molecule has 0 spiro atoms. The molecule has 14 heavy (non-hydrogen) atoms. The average Bonchev–Trinajstić information content (AvgIpc) is 2.16. The fraction of sp³-hybridized carbons (Fsp3) is 0.300. The van der Waals surface area contributed by atoms with Crippen molar-refractivity contribution in [2.75, 3.05) is 0 Å². The molecule has 1 amide bonds. The van der Waals surface area contributed by atoms with Gasteiger partial charge in [-0.25, -0.2) is 0 Å². The largest absolute Gasteiger partial charge is 0.351 e. The van der Waals surface area contributed by atoms with Crippen LogP contribution in [0.1, 0.15) is 12.5 Å². The molecule has 0 fully saturated rings. The van der Waals surface area contributed by atoms with E-state index in [1.54, 1.807) is 6.92 Å². The van der Waals surface area contributed by atoms with Crippen molar-refractivity contribution in [1.29, 1.82) is 0 Å². The predicted octanol–water partition coefficient (Wildman–Crippen LogP) is 2.69. The third-order valence-electron chi connectivity index (χ3n) is 1.74. The second-order valence-electron chi connectivity index (χ2n) is 2.96. The van der Waals surface area contributed by atoms with E-state index >= 15 is 0 Å². The van der Waals surface area contributed by atoms with Gasteiger partial charge in [-0.1, -0.05) is 28.1 Å². The van der Waals surface area contributed by atoms with Crippen molar-refractivity contribution < 1.29 is 4.79 Å². The lowest BCUT2D eigenvalue weighted by Gasteiger charge is -2.06. The van der Waals surface area contributed by atoms with Crippen molar-refractivity contribution in [3.8, 4) is 0 Å². The molecule has 0 heterocycles. The van der Waals surface area contributed by atoms with E-state index in [9.17, 15) is 4.79 Å². The first kappa shape index (κ1) is 11.5.